The molecule has 2 amide bonds. The van der Waals surface area contributed by atoms with Crippen LogP contribution < -0.4 is 0 Å². The average Bonchev–Trinajstić information content (AvgIpc) is 2.59. The molecule has 0 spiro atoms. The van der Waals surface area contributed by atoms with Gasteiger partial charge in [0, 0.05) is 38.8 Å². The van der Waals surface area contributed by atoms with E-state index < -0.39 is 5.91 Å². The van der Waals surface area contributed by atoms with Crippen LogP contribution in [0.5, 0.6) is 0 Å². The van der Waals surface area contributed by atoms with Gasteiger partial charge in [0.2, 0.25) is 0 Å². The molecule has 0 radical (unpaired) electrons. The first kappa shape index (κ1) is 17.5. The average molecular weight is 317 g/mol. The lowest BCUT2D eigenvalue weighted by atomic mass is 10.2. The van der Waals surface area contributed by atoms with E-state index in [4.69, 9.17) is 0 Å². The van der Waals surface area contributed by atoms with Crippen molar-refractivity contribution in [2.45, 2.75) is 33.4 Å². The molecule has 1 heterocycles. The molecule has 0 aliphatic carbocycles. The summed E-state index contributed by atoms with van der Waals surface area (Å²) >= 11 is 0. The number of nitrogens with zero attached hydrogens (tertiary/aromatic N) is 3. The van der Waals surface area contributed by atoms with E-state index in [-0.39, 0.29) is 11.9 Å². The lowest BCUT2D eigenvalue weighted by Crippen LogP contribution is -2.54. The number of piperazine rings is 1. The standard InChI is InChI=1S/C18H27N3O2/c1-4-19-10-12-20(13-11-19)17(22)18(23)21(15(2)3)14-16-8-6-5-7-9-16/h5-9,15H,4,10-14H2,1-3H3. The third-order valence-electron chi connectivity index (χ3n) is 4.37. The summed E-state index contributed by atoms with van der Waals surface area (Å²) in [6.07, 6.45) is 0. The molecule has 5 heteroatoms. The molecule has 1 aliphatic rings. The van der Waals surface area contributed by atoms with E-state index in [1.807, 2.05) is 44.2 Å². The molecule has 0 N–H and O–H groups in total. The van der Waals surface area contributed by atoms with Crippen LogP contribution in [-0.4, -0.2) is 65.3 Å². The maximum atomic E-state index is 12.7. The van der Waals surface area contributed by atoms with Gasteiger partial charge < -0.3 is 14.7 Å². The molecular formula is C18H27N3O2. The summed E-state index contributed by atoms with van der Waals surface area (Å²) < 4.78 is 0. The monoisotopic (exact) mass is 317 g/mol. The van der Waals surface area contributed by atoms with Crippen molar-refractivity contribution < 1.29 is 9.59 Å². The fraction of sp³-hybridized carbons (Fsp3) is 0.556. The molecule has 1 aliphatic heterocycles. The normalized spacial score (nSPS) is 15.7. The second-order valence-corrected chi connectivity index (χ2v) is 6.24. The lowest BCUT2D eigenvalue weighted by molar-refractivity contribution is -0.154. The predicted molar refractivity (Wildman–Crippen MR) is 90.8 cm³/mol. The first-order chi connectivity index (χ1) is 11.0. The molecule has 126 valence electrons. The topological polar surface area (TPSA) is 43.9 Å². The van der Waals surface area contributed by atoms with E-state index in [0.717, 1.165) is 25.2 Å². The minimum atomic E-state index is -0.395. The Bertz CT molecular complexity index is 522. The number of likely N-dealkylation sites (N-methyl/N-ethyl adjacent to an activating group) is 1. The number of carbonyl (C=O) groups is 2. The van der Waals surface area contributed by atoms with Crippen molar-refractivity contribution in [2.75, 3.05) is 32.7 Å². The van der Waals surface area contributed by atoms with E-state index in [2.05, 4.69) is 11.8 Å². The Balaban J connectivity index is 2.01. The summed E-state index contributed by atoms with van der Waals surface area (Å²) in [5.74, 6) is -0.765. The van der Waals surface area contributed by atoms with E-state index in [1.54, 1.807) is 9.80 Å². The van der Waals surface area contributed by atoms with E-state index in [9.17, 15) is 9.59 Å². The van der Waals surface area contributed by atoms with Gasteiger partial charge in [0.25, 0.3) is 0 Å². The van der Waals surface area contributed by atoms with Gasteiger partial charge in [-0.2, -0.15) is 0 Å². The summed E-state index contributed by atoms with van der Waals surface area (Å²) in [7, 11) is 0. The zero-order chi connectivity index (χ0) is 16.8. The zero-order valence-electron chi connectivity index (χ0n) is 14.4. The first-order valence-electron chi connectivity index (χ1n) is 8.39. The van der Waals surface area contributed by atoms with Crippen molar-refractivity contribution in [1.29, 1.82) is 0 Å². The number of hydrogen-bond acceptors (Lipinski definition) is 3. The van der Waals surface area contributed by atoms with Crippen molar-refractivity contribution in [2.24, 2.45) is 0 Å². The molecular weight excluding hydrogens is 290 g/mol. The van der Waals surface area contributed by atoms with Gasteiger partial charge in [0.15, 0.2) is 0 Å². The van der Waals surface area contributed by atoms with Crippen molar-refractivity contribution in [3.8, 4) is 0 Å². The number of rotatable bonds is 4. The third-order valence-corrected chi connectivity index (χ3v) is 4.37. The van der Waals surface area contributed by atoms with Gasteiger partial charge in [-0.25, -0.2) is 0 Å². The fourth-order valence-electron chi connectivity index (χ4n) is 2.79. The maximum Gasteiger partial charge on any atom is 0.312 e. The van der Waals surface area contributed by atoms with Crippen LogP contribution in [0.1, 0.15) is 26.3 Å². The van der Waals surface area contributed by atoms with Crippen LogP contribution in [0.3, 0.4) is 0 Å². The fourth-order valence-corrected chi connectivity index (χ4v) is 2.79. The Hall–Kier alpha value is -1.88. The van der Waals surface area contributed by atoms with Gasteiger partial charge in [0.05, 0.1) is 0 Å². The summed E-state index contributed by atoms with van der Waals surface area (Å²) in [5, 5.41) is 0. The van der Waals surface area contributed by atoms with Gasteiger partial charge in [-0.15, -0.1) is 0 Å². The molecule has 1 aromatic carbocycles. The van der Waals surface area contributed by atoms with Crippen molar-refractivity contribution in [3.63, 3.8) is 0 Å². The van der Waals surface area contributed by atoms with Crippen molar-refractivity contribution in [3.05, 3.63) is 35.9 Å². The molecule has 0 atom stereocenters. The molecule has 5 nitrogen and oxygen atoms in total. The molecule has 23 heavy (non-hydrogen) atoms. The molecule has 0 saturated carbocycles. The molecule has 0 unspecified atom stereocenters. The smallest absolute Gasteiger partial charge is 0.312 e. The molecule has 0 aromatic heterocycles. The highest BCUT2D eigenvalue weighted by molar-refractivity contribution is 6.34. The van der Waals surface area contributed by atoms with E-state index in [1.165, 1.54) is 0 Å². The van der Waals surface area contributed by atoms with Crippen LogP contribution >= 0.6 is 0 Å². The molecule has 0 bridgehead atoms. The SMILES string of the molecule is CCN1CCN(C(=O)C(=O)N(Cc2ccccc2)C(C)C)CC1. The second-order valence-electron chi connectivity index (χ2n) is 6.24. The van der Waals surface area contributed by atoms with Crippen LogP contribution in [0.25, 0.3) is 0 Å². The largest absolute Gasteiger partial charge is 0.332 e. The number of carbonyl (C=O) groups excluding carboxylic acids is 2. The summed E-state index contributed by atoms with van der Waals surface area (Å²) in [4.78, 5) is 30.8. The number of hydrogen-bond donors (Lipinski definition) is 0. The summed E-state index contributed by atoms with van der Waals surface area (Å²) in [5.41, 5.74) is 1.04. The predicted octanol–water partition coefficient (Wildman–Crippen LogP) is 1.59. The van der Waals surface area contributed by atoms with Gasteiger partial charge >= 0.3 is 11.8 Å². The van der Waals surface area contributed by atoms with Crippen LogP contribution in [-0.2, 0) is 16.1 Å². The van der Waals surface area contributed by atoms with Crippen LogP contribution in [0.4, 0.5) is 0 Å². The molecule has 2 rings (SSSR count). The van der Waals surface area contributed by atoms with Gasteiger partial charge in [-0.05, 0) is 26.0 Å². The van der Waals surface area contributed by atoms with Gasteiger partial charge in [0.1, 0.15) is 0 Å². The second kappa shape index (κ2) is 8.11. The Labute approximate surface area is 138 Å². The van der Waals surface area contributed by atoms with Gasteiger partial charge in [-0.3, -0.25) is 9.59 Å². The van der Waals surface area contributed by atoms with Crippen molar-refractivity contribution >= 4 is 11.8 Å². The number of amides is 2. The molecule has 1 fully saturated rings. The van der Waals surface area contributed by atoms with E-state index in [0.29, 0.717) is 19.6 Å². The van der Waals surface area contributed by atoms with Crippen LogP contribution in [0.15, 0.2) is 30.3 Å². The highest BCUT2D eigenvalue weighted by Crippen LogP contribution is 2.11. The molecule has 1 saturated heterocycles. The summed E-state index contributed by atoms with van der Waals surface area (Å²) in [6, 6.07) is 9.79. The quantitative estimate of drug-likeness (QED) is 0.792. The van der Waals surface area contributed by atoms with E-state index >= 15 is 0 Å². The lowest BCUT2D eigenvalue weighted by Gasteiger charge is -2.35. The highest BCUT2D eigenvalue weighted by atomic mass is 16.2. The molecule has 1 aromatic rings. The Morgan fingerprint density at radius 3 is 2.22 bits per heavy atom. The Morgan fingerprint density at radius 1 is 1.09 bits per heavy atom. The maximum absolute atomic E-state index is 12.7. The zero-order valence-corrected chi connectivity index (χ0v) is 14.4. The Morgan fingerprint density at radius 2 is 1.70 bits per heavy atom. The van der Waals surface area contributed by atoms with Crippen molar-refractivity contribution in [1.82, 2.24) is 14.7 Å². The summed E-state index contributed by atoms with van der Waals surface area (Å²) in [6.45, 7) is 10.4. The van der Waals surface area contributed by atoms with Crippen LogP contribution in [0.2, 0.25) is 0 Å². The highest BCUT2D eigenvalue weighted by Gasteiger charge is 2.30. The minimum Gasteiger partial charge on any atom is -0.332 e. The third kappa shape index (κ3) is 4.55. The van der Waals surface area contributed by atoms with Crippen LogP contribution in [0, 0.1) is 0 Å². The van der Waals surface area contributed by atoms with Gasteiger partial charge in [-0.1, -0.05) is 37.3 Å². The minimum absolute atomic E-state index is 0.0106. The number of benzene rings is 1. The first-order valence-corrected chi connectivity index (χ1v) is 8.39. The Kier molecular flexibility index (Phi) is 6.16.